The number of ether oxygens (including phenoxy) is 1. The van der Waals surface area contributed by atoms with E-state index in [1.54, 1.807) is 19.2 Å². The molecule has 0 heterocycles. The lowest BCUT2D eigenvalue weighted by Gasteiger charge is -2.56. The molecular weight excluding hydrogens is 328 g/mol. The molecule has 26 heavy (non-hydrogen) atoms. The highest BCUT2D eigenvalue weighted by Crippen LogP contribution is 2.61. The van der Waals surface area contributed by atoms with E-state index in [-0.39, 0.29) is 17.2 Å². The van der Waals surface area contributed by atoms with Crippen molar-refractivity contribution in [1.29, 1.82) is 0 Å². The van der Waals surface area contributed by atoms with E-state index in [2.05, 4.69) is 10.9 Å². The smallest absolute Gasteiger partial charge is 0.269 e. The van der Waals surface area contributed by atoms with Gasteiger partial charge in [0, 0.05) is 19.1 Å². The fourth-order valence-corrected chi connectivity index (χ4v) is 6.01. The summed E-state index contributed by atoms with van der Waals surface area (Å²) in [5.74, 6) is 2.14. The quantitative estimate of drug-likeness (QED) is 0.796. The summed E-state index contributed by atoms with van der Waals surface area (Å²) in [5, 5.41) is 0. The van der Waals surface area contributed by atoms with Gasteiger partial charge in [-0.2, -0.15) is 0 Å². The van der Waals surface area contributed by atoms with Crippen LogP contribution in [-0.2, 0) is 16.1 Å². The fraction of sp³-hybridized carbons (Fsp3) is 0.619. The predicted molar refractivity (Wildman–Crippen MR) is 98.0 cm³/mol. The van der Waals surface area contributed by atoms with Gasteiger partial charge in [0.25, 0.3) is 5.91 Å². The minimum atomic E-state index is -0.284. The third-order valence-corrected chi connectivity index (χ3v) is 6.54. The molecule has 5 heteroatoms. The first-order chi connectivity index (χ1) is 12.5. The van der Waals surface area contributed by atoms with E-state index < -0.39 is 0 Å². The van der Waals surface area contributed by atoms with E-state index in [9.17, 15) is 9.59 Å². The van der Waals surface area contributed by atoms with E-state index in [0.717, 1.165) is 23.3 Å². The molecule has 0 aliphatic heterocycles. The first-order valence-electron chi connectivity index (χ1n) is 9.72. The first kappa shape index (κ1) is 17.5. The Bertz CT molecular complexity index is 648. The van der Waals surface area contributed by atoms with Crippen molar-refractivity contribution in [3.05, 3.63) is 35.4 Å². The molecule has 1 aromatic rings. The number of hydrogen-bond donors (Lipinski definition) is 2. The second kappa shape index (κ2) is 7.03. The zero-order chi connectivity index (χ0) is 18.1. The van der Waals surface area contributed by atoms with Crippen molar-refractivity contribution in [2.75, 3.05) is 7.11 Å². The van der Waals surface area contributed by atoms with Crippen molar-refractivity contribution in [2.24, 2.45) is 23.2 Å². The van der Waals surface area contributed by atoms with Crippen LogP contribution in [0.25, 0.3) is 0 Å². The molecule has 4 bridgehead atoms. The second-order valence-corrected chi connectivity index (χ2v) is 8.73. The molecule has 5 rings (SSSR count). The Morgan fingerprint density at radius 1 is 1.00 bits per heavy atom. The minimum Gasteiger partial charge on any atom is -0.380 e. The molecule has 140 valence electrons. The lowest BCUT2D eigenvalue weighted by Crippen LogP contribution is -2.50. The van der Waals surface area contributed by atoms with Crippen LogP contribution in [0.5, 0.6) is 0 Å². The summed E-state index contributed by atoms with van der Waals surface area (Å²) in [7, 11) is 1.64. The van der Waals surface area contributed by atoms with Gasteiger partial charge in [-0.15, -0.1) is 0 Å². The molecule has 4 aliphatic carbocycles. The molecule has 1 aromatic carbocycles. The number of benzene rings is 1. The molecule has 2 N–H and O–H groups in total. The lowest BCUT2D eigenvalue weighted by atomic mass is 9.49. The van der Waals surface area contributed by atoms with Crippen molar-refractivity contribution in [3.63, 3.8) is 0 Å². The van der Waals surface area contributed by atoms with Crippen LogP contribution in [0.1, 0.15) is 60.9 Å². The van der Waals surface area contributed by atoms with Gasteiger partial charge in [0.1, 0.15) is 0 Å². The molecular formula is C21H28N2O3. The topological polar surface area (TPSA) is 67.4 Å². The van der Waals surface area contributed by atoms with Crippen LogP contribution in [0.2, 0.25) is 0 Å². The van der Waals surface area contributed by atoms with Crippen molar-refractivity contribution in [2.45, 2.75) is 51.6 Å². The maximum Gasteiger partial charge on any atom is 0.269 e. The molecule has 0 aromatic heterocycles. The first-order valence-corrected chi connectivity index (χ1v) is 9.72. The average Bonchev–Trinajstić information content (AvgIpc) is 2.59. The van der Waals surface area contributed by atoms with Gasteiger partial charge in [-0.25, -0.2) is 0 Å². The van der Waals surface area contributed by atoms with Crippen molar-refractivity contribution in [3.8, 4) is 0 Å². The summed E-state index contributed by atoms with van der Waals surface area (Å²) in [6, 6.07) is 7.20. The van der Waals surface area contributed by atoms with E-state index in [0.29, 0.717) is 18.6 Å². The van der Waals surface area contributed by atoms with Crippen LogP contribution in [-0.4, -0.2) is 18.9 Å². The highest BCUT2D eigenvalue weighted by molar-refractivity contribution is 5.95. The van der Waals surface area contributed by atoms with Crippen molar-refractivity contribution >= 4 is 11.8 Å². The van der Waals surface area contributed by atoms with Gasteiger partial charge in [0.15, 0.2) is 0 Å². The predicted octanol–water partition coefficient (Wildman–Crippen LogP) is 3.20. The number of carbonyl (C=O) groups is 2. The molecule has 5 nitrogen and oxygen atoms in total. The number of amides is 2. The Morgan fingerprint density at radius 2 is 1.58 bits per heavy atom. The molecule has 4 saturated carbocycles. The van der Waals surface area contributed by atoms with Gasteiger partial charge >= 0.3 is 0 Å². The van der Waals surface area contributed by atoms with Gasteiger partial charge in [-0.3, -0.25) is 20.4 Å². The van der Waals surface area contributed by atoms with Crippen LogP contribution in [0.15, 0.2) is 24.3 Å². The zero-order valence-corrected chi connectivity index (χ0v) is 15.4. The normalized spacial score (nSPS) is 31.7. The van der Waals surface area contributed by atoms with E-state index >= 15 is 0 Å². The monoisotopic (exact) mass is 356 g/mol. The van der Waals surface area contributed by atoms with Crippen LogP contribution in [0, 0.1) is 23.2 Å². The number of hydrazine groups is 1. The Morgan fingerprint density at radius 3 is 2.12 bits per heavy atom. The summed E-state index contributed by atoms with van der Waals surface area (Å²) in [4.78, 5) is 24.7. The number of methoxy groups -OCH3 is 1. The number of nitrogens with one attached hydrogen (secondary N) is 2. The largest absolute Gasteiger partial charge is 0.380 e. The number of hydrogen-bond acceptors (Lipinski definition) is 3. The maximum atomic E-state index is 12.5. The molecule has 0 saturated heterocycles. The van der Waals surface area contributed by atoms with Crippen molar-refractivity contribution < 1.29 is 14.3 Å². The SMILES string of the molecule is COCc1ccc(C(=O)NNC(=O)CC23CC4CC(CC(C4)C2)C3)cc1. The molecule has 4 fully saturated rings. The molecule has 2 amide bonds. The van der Waals surface area contributed by atoms with E-state index in [1.807, 2.05) is 12.1 Å². The van der Waals surface area contributed by atoms with Gasteiger partial charge in [0.2, 0.25) is 5.91 Å². The zero-order valence-electron chi connectivity index (χ0n) is 15.4. The highest BCUT2D eigenvalue weighted by Gasteiger charge is 2.51. The number of carbonyl (C=O) groups excluding carboxylic acids is 2. The third kappa shape index (κ3) is 3.63. The summed E-state index contributed by atoms with van der Waals surface area (Å²) >= 11 is 0. The van der Waals surface area contributed by atoms with E-state index in [4.69, 9.17) is 4.74 Å². The Hall–Kier alpha value is -1.88. The molecule has 0 atom stereocenters. The van der Waals surface area contributed by atoms with Crippen molar-refractivity contribution in [1.82, 2.24) is 10.9 Å². The molecule has 0 unspecified atom stereocenters. The van der Waals surface area contributed by atoms with E-state index in [1.165, 1.54) is 38.5 Å². The fourth-order valence-electron chi connectivity index (χ4n) is 6.01. The molecule has 4 aliphatic rings. The molecule has 0 radical (unpaired) electrons. The average molecular weight is 356 g/mol. The van der Waals surface area contributed by atoms with Gasteiger partial charge in [-0.05, 0) is 79.4 Å². The standard InChI is InChI=1S/C21H28N2O3/c1-26-13-14-2-4-18(5-3-14)20(25)23-22-19(24)12-21-9-15-6-16(10-21)8-17(7-15)11-21/h2-5,15-17H,6-13H2,1H3,(H,22,24)(H,23,25). The lowest BCUT2D eigenvalue weighted by molar-refractivity contribution is -0.130. The summed E-state index contributed by atoms with van der Waals surface area (Å²) < 4.78 is 5.06. The maximum absolute atomic E-state index is 12.5. The van der Waals surface area contributed by atoms with Crippen LogP contribution in [0.4, 0.5) is 0 Å². The Kier molecular flexibility index (Phi) is 4.74. The second-order valence-electron chi connectivity index (χ2n) is 8.73. The van der Waals surface area contributed by atoms with Crippen LogP contribution < -0.4 is 10.9 Å². The van der Waals surface area contributed by atoms with Gasteiger partial charge < -0.3 is 4.74 Å². The van der Waals surface area contributed by atoms with Crippen LogP contribution >= 0.6 is 0 Å². The molecule has 0 spiro atoms. The Balaban J connectivity index is 1.29. The number of rotatable bonds is 5. The Labute approximate surface area is 154 Å². The summed E-state index contributed by atoms with van der Waals surface area (Å²) in [5.41, 5.74) is 6.92. The minimum absolute atomic E-state index is 0.0590. The third-order valence-electron chi connectivity index (χ3n) is 6.54. The van der Waals surface area contributed by atoms with Gasteiger partial charge in [0.05, 0.1) is 6.61 Å². The summed E-state index contributed by atoms with van der Waals surface area (Å²) in [6.07, 6.45) is 8.25. The van der Waals surface area contributed by atoms with Gasteiger partial charge in [-0.1, -0.05) is 12.1 Å². The highest BCUT2D eigenvalue weighted by atomic mass is 16.5. The summed E-state index contributed by atoms with van der Waals surface area (Å²) in [6.45, 7) is 0.518. The van der Waals surface area contributed by atoms with Crippen LogP contribution in [0.3, 0.4) is 0 Å².